The first kappa shape index (κ1) is 21.9. The van der Waals surface area contributed by atoms with Crippen LogP contribution in [-0.2, 0) is 11.2 Å². The maximum atomic E-state index is 11.6. The number of amides is 1. The third kappa shape index (κ3) is 6.32. The summed E-state index contributed by atoms with van der Waals surface area (Å²) in [5.41, 5.74) is 1.09. The van der Waals surface area contributed by atoms with Crippen LogP contribution >= 0.6 is 0 Å². The Morgan fingerprint density at radius 3 is 2.61 bits per heavy atom. The fraction of sp³-hybridized carbons (Fsp3) is 0.619. The van der Waals surface area contributed by atoms with Gasteiger partial charge in [-0.1, -0.05) is 0 Å². The Morgan fingerprint density at radius 2 is 2.00 bits per heavy atom. The van der Waals surface area contributed by atoms with E-state index in [-0.39, 0.29) is 5.91 Å². The second-order valence-corrected chi connectivity index (χ2v) is 6.97. The molecule has 0 atom stereocenters. The smallest absolute Gasteiger partial charge is 0.220 e. The third-order valence-electron chi connectivity index (χ3n) is 5.13. The van der Waals surface area contributed by atoms with Crippen LogP contribution in [-0.4, -0.2) is 64.2 Å². The van der Waals surface area contributed by atoms with Gasteiger partial charge in [-0.05, 0) is 55.9 Å². The Morgan fingerprint density at radius 1 is 1.25 bits per heavy atom. The highest BCUT2D eigenvalue weighted by Gasteiger charge is 2.23. The van der Waals surface area contributed by atoms with E-state index >= 15 is 0 Å². The molecule has 2 N–H and O–H groups in total. The van der Waals surface area contributed by atoms with Gasteiger partial charge in [-0.25, -0.2) is 0 Å². The molecule has 156 valence electrons. The first-order valence-corrected chi connectivity index (χ1v) is 10.1. The van der Waals surface area contributed by atoms with Gasteiger partial charge in [0.1, 0.15) is 11.5 Å². The maximum absolute atomic E-state index is 11.6. The van der Waals surface area contributed by atoms with Crippen LogP contribution in [0.5, 0.6) is 11.5 Å². The van der Waals surface area contributed by atoms with Crippen molar-refractivity contribution in [3.8, 4) is 11.5 Å². The molecule has 2 rings (SSSR count). The largest absolute Gasteiger partial charge is 0.497 e. The molecule has 28 heavy (non-hydrogen) atoms. The van der Waals surface area contributed by atoms with E-state index in [2.05, 4.69) is 22.5 Å². The van der Waals surface area contributed by atoms with Gasteiger partial charge in [-0.2, -0.15) is 0 Å². The molecular formula is C21H34N4O3. The van der Waals surface area contributed by atoms with E-state index in [1.807, 2.05) is 18.2 Å². The molecule has 0 bridgehead atoms. The van der Waals surface area contributed by atoms with E-state index in [0.29, 0.717) is 18.9 Å². The molecule has 1 heterocycles. The molecule has 7 nitrogen and oxygen atoms in total. The molecule has 0 aliphatic carbocycles. The highest BCUT2D eigenvalue weighted by Crippen LogP contribution is 2.24. The van der Waals surface area contributed by atoms with Crippen LogP contribution in [0.1, 0.15) is 31.7 Å². The van der Waals surface area contributed by atoms with Crippen molar-refractivity contribution in [3.05, 3.63) is 23.8 Å². The third-order valence-corrected chi connectivity index (χ3v) is 5.13. The number of aliphatic imine (C=N–C) groups is 1. The first-order chi connectivity index (χ1) is 13.6. The zero-order valence-corrected chi connectivity index (χ0v) is 17.6. The summed E-state index contributed by atoms with van der Waals surface area (Å²) in [6.45, 7) is 5.44. The second kappa shape index (κ2) is 11.4. The standard InChI is InChI=1S/C21H34N4O3/c1-5-23-21(25-12-9-16(10-13-25)14-20(26)22-2)24-11-8-17-15-18(27-3)6-7-19(17)28-4/h6-7,15-16H,5,8-14H2,1-4H3,(H,22,26)(H,23,24). The summed E-state index contributed by atoms with van der Waals surface area (Å²) >= 11 is 0. The number of nitrogens with one attached hydrogen (secondary N) is 2. The van der Waals surface area contributed by atoms with Gasteiger partial charge in [0.25, 0.3) is 0 Å². The lowest BCUT2D eigenvalue weighted by Crippen LogP contribution is -2.46. The molecule has 1 aliphatic heterocycles. The van der Waals surface area contributed by atoms with Gasteiger partial charge >= 0.3 is 0 Å². The van der Waals surface area contributed by atoms with Crippen LogP contribution in [0.25, 0.3) is 0 Å². The van der Waals surface area contributed by atoms with E-state index in [4.69, 9.17) is 14.5 Å². The highest BCUT2D eigenvalue weighted by atomic mass is 16.5. The van der Waals surface area contributed by atoms with E-state index in [1.165, 1.54) is 0 Å². The van der Waals surface area contributed by atoms with Gasteiger partial charge in [0.15, 0.2) is 5.96 Å². The van der Waals surface area contributed by atoms with Crippen molar-refractivity contribution in [3.63, 3.8) is 0 Å². The molecule has 1 aliphatic rings. The lowest BCUT2D eigenvalue weighted by Gasteiger charge is -2.34. The SMILES string of the molecule is CCNC(=NCCc1cc(OC)ccc1OC)N1CCC(CC(=O)NC)CC1. The van der Waals surface area contributed by atoms with Gasteiger partial charge < -0.3 is 25.0 Å². The minimum Gasteiger partial charge on any atom is -0.497 e. The van der Waals surface area contributed by atoms with Crippen LogP contribution < -0.4 is 20.1 Å². The lowest BCUT2D eigenvalue weighted by molar-refractivity contribution is -0.121. The second-order valence-electron chi connectivity index (χ2n) is 6.97. The molecule has 7 heteroatoms. The Kier molecular flexibility index (Phi) is 8.91. The average Bonchev–Trinajstić information content (AvgIpc) is 2.73. The number of hydrogen-bond donors (Lipinski definition) is 2. The number of benzene rings is 1. The van der Waals surface area contributed by atoms with E-state index in [9.17, 15) is 4.79 Å². The van der Waals surface area contributed by atoms with Crippen molar-refractivity contribution < 1.29 is 14.3 Å². The highest BCUT2D eigenvalue weighted by molar-refractivity contribution is 5.80. The number of carbonyl (C=O) groups excluding carboxylic acids is 1. The molecule has 0 spiro atoms. The summed E-state index contributed by atoms with van der Waals surface area (Å²) in [5.74, 6) is 3.22. The molecule has 1 aromatic carbocycles. The number of carbonyl (C=O) groups is 1. The minimum absolute atomic E-state index is 0.131. The van der Waals surface area contributed by atoms with Gasteiger partial charge in [-0.15, -0.1) is 0 Å². The van der Waals surface area contributed by atoms with E-state index < -0.39 is 0 Å². The predicted octanol–water partition coefficient (Wildman–Crippen LogP) is 2.06. The minimum atomic E-state index is 0.131. The van der Waals surface area contributed by atoms with Gasteiger partial charge in [0.2, 0.25) is 5.91 Å². The molecule has 0 aromatic heterocycles. The Hall–Kier alpha value is -2.44. The average molecular weight is 391 g/mol. The van der Waals surface area contributed by atoms with Crippen LogP contribution in [0, 0.1) is 5.92 Å². The van der Waals surface area contributed by atoms with Crippen molar-refractivity contribution >= 4 is 11.9 Å². The monoisotopic (exact) mass is 390 g/mol. The number of likely N-dealkylation sites (tertiary alicyclic amines) is 1. The summed E-state index contributed by atoms with van der Waals surface area (Å²) in [6, 6.07) is 5.84. The molecule has 1 fully saturated rings. The summed E-state index contributed by atoms with van der Waals surface area (Å²) in [4.78, 5) is 18.7. The fourth-order valence-corrected chi connectivity index (χ4v) is 3.50. The summed E-state index contributed by atoms with van der Waals surface area (Å²) in [7, 11) is 5.05. The summed E-state index contributed by atoms with van der Waals surface area (Å²) < 4.78 is 10.8. The van der Waals surface area contributed by atoms with Crippen molar-refractivity contribution in [2.75, 3.05) is 47.4 Å². The number of piperidine rings is 1. The van der Waals surface area contributed by atoms with E-state index in [1.54, 1.807) is 21.3 Å². The van der Waals surface area contributed by atoms with Gasteiger partial charge in [-0.3, -0.25) is 9.79 Å². The molecule has 0 saturated carbocycles. The number of guanidine groups is 1. The zero-order valence-electron chi connectivity index (χ0n) is 17.6. The number of hydrogen-bond acceptors (Lipinski definition) is 4. The number of rotatable bonds is 8. The van der Waals surface area contributed by atoms with Crippen LogP contribution in [0.2, 0.25) is 0 Å². The topological polar surface area (TPSA) is 75.2 Å². The molecule has 0 unspecified atom stereocenters. The summed E-state index contributed by atoms with van der Waals surface area (Å²) in [6.07, 6.45) is 3.43. The Labute approximate surface area is 168 Å². The van der Waals surface area contributed by atoms with Crippen molar-refractivity contribution in [2.45, 2.75) is 32.6 Å². The number of nitrogens with zero attached hydrogens (tertiary/aromatic N) is 2. The normalized spacial score (nSPS) is 15.3. The van der Waals surface area contributed by atoms with Crippen LogP contribution in [0.4, 0.5) is 0 Å². The number of ether oxygens (including phenoxy) is 2. The lowest BCUT2D eigenvalue weighted by atomic mass is 9.93. The predicted molar refractivity (Wildman–Crippen MR) is 112 cm³/mol. The van der Waals surface area contributed by atoms with Gasteiger partial charge in [0.05, 0.1) is 14.2 Å². The molecule has 1 aromatic rings. The van der Waals surface area contributed by atoms with Crippen molar-refractivity contribution in [1.82, 2.24) is 15.5 Å². The quantitative estimate of drug-likeness (QED) is 0.525. The molecule has 0 radical (unpaired) electrons. The number of methoxy groups -OCH3 is 2. The van der Waals surface area contributed by atoms with Crippen LogP contribution in [0.15, 0.2) is 23.2 Å². The Balaban J connectivity index is 1.95. The molecule has 1 saturated heterocycles. The van der Waals surface area contributed by atoms with Crippen molar-refractivity contribution in [1.29, 1.82) is 0 Å². The van der Waals surface area contributed by atoms with Gasteiger partial charge in [0, 0.05) is 39.6 Å². The first-order valence-electron chi connectivity index (χ1n) is 10.1. The molecular weight excluding hydrogens is 356 g/mol. The Bertz CT molecular complexity index is 655. The van der Waals surface area contributed by atoms with E-state index in [0.717, 1.165) is 61.9 Å². The summed E-state index contributed by atoms with van der Waals surface area (Å²) in [5, 5.41) is 6.12. The van der Waals surface area contributed by atoms with Crippen LogP contribution in [0.3, 0.4) is 0 Å². The van der Waals surface area contributed by atoms with Crippen molar-refractivity contribution in [2.24, 2.45) is 10.9 Å². The fourth-order valence-electron chi connectivity index (χ4n) is 3.50. The maximum Gasteiger partial charge on any atom is 0.220 e. The molecule has 1 amide bonds. The zero-order chi connectivity index (χ0) is 20.4.